The van der Waals surface area contributed by atoms with Gasteiger partial charge in [0.25, 0.3) is 10.1 Å². The van der Waals surface area contributed by atoms with Crippen LogP contribution in [0, 0.1) is 0 Å². The van der Waals surface area contributed by atoms with Crippen molar-refractivity contribution < 1.29 is 30.5 Å². The summed E-state index contributed by atoms with van der Waals surface area (Å²) in [6, 6.07) is 16.5. The van der Waals surface area contributed by atoms with E-state index in [1.165, 1.54) is 11.1 Å². The third-order valence-electron chi connectivity index (χ3n) is 8.39. The van der Waals surface area contributed by atoms with E-state index in [-0.39, 0.29) is 51.9 Å². The fraction of sp³-hybridized carbons (Fsp3) is 0.424. The van der Waals surface area contributed by atoms with Crippen molar-refractivity contribution in [2.24, 2.45) is 0 Å². The van der Waals surface area contributed by atoms with Gasteiger partial charge in [0.2, 0.25) is 5.69 Å². The normalized spacial score (nSPS) is 18.3. The molecule has 0 saturated heterocycles. The van der Waals surface area contributed by atoms with Crippen molar-refractivity contribution in [3.8, 4) is 0 Å². The molecule has 4 rings (SSSR count). The monoisotopic (exact) mass is 649 g/mol. The number of rotatable bonds is 13. The zero-order valence-electron chi connectivity index (χ0n) is 26.4. The topological polar surface area (TPSA) is 118 Å². The number of nitrogens with zero attached hydrogens (tertiary/aromatic N) is 2. The fourth-order valence-electron chi connectivity index (χ4n) is 6.22. The van der Waals surface area contributed by atoms with E-state index in [0.717, 1.165) is 22.8 Å². The van der Waals surface area contributed by atoms with Gasteiger partial charge in [-0.3, -0.25) is 4.55 Å². The minimum Gasteiger partial charge on any atom is -0.748 e. The van der Waals surface area contributed by atoms with Crippen LogP contribution < -0.4 is 4.90 Å². The molecule has 0 unspecified atom stereocenters. The van der Waals surface area contributed by atoms with Gasteiger partial charge in [-0.25, -0.2) is 8.42 Å². The molecule has 1 N–H and O–H groups in total. The van der Waals surface area contributed by atoms with E-state index in [2.05, 4.69) is 73.6 Å². The SMILES string of the molecule is CC1(C)C(\C=C/C=C/C=C2\N(CCCCS(=O)(=O)[O-])c3ccccc3C2(C)C)=[N+](CCCCS(=O)(=O)O)c2ccccc21.[Na]. The van der Waals surface area contributed by atoms with E-state index in [9.17, 15) is 21.4 Å². The Morgan fingerprint density at radius 1 is 0.818 bits per heavy atom. The van der Waals surface area contributed by atoms with Crippen LogP contribution in [0.2, 0.25) is 0 Å². The van der Waals surface area contributed by atoms with Gasteiger partial charge < -0.3 is 9.45 Å². The molecule has 0 spiro atoms. The first-order valence-corrected chi connectivity index (χ1v) is 17.9. The molecule has 44 heavy (non-hydrogen) atoms. The van der Waals surface area contributed by atoms with Crippen molar-refractivity contribution in [2.75, 3.05) is 29.5 Å². The van der Waals surface area contributed by atoms with E-state index < -0.39 is 20.2 Å². The number of unbranched alkanes of at least 4 members (excludes halogenated alkanes) is 2. The first-order chi connectivity index (χ1) is 20.1. The van der Waals surface area contributed by atoms with Crippen LogP contribution in [0.4, 0.5) is 11.4 Å². The smallest absolute Gasteiger partial charge is 0.264 e. The van der Waals surface area contributed by atoms with Crippen molar-refractivity contribution in [3.05, 3.63) is 95.7 Å². The van der Waals surface area contributed by atoms with Gasteiger partial charge in [-0.1, -0.05) is 68.5 Å². The number of benzene rings is 2. The van der Waals surface area contributed by atoms with Crippen LogP contribution in [0.25, 0.3) is 0 Å². The van der Waals surface area contributed by atoms with Gasteiger partial charge in [-0.05, 0) is 50.8 Å². The van der Waals surface area contributed by atoms with Crippen molar-refractivity contribution in [1.29, 1.82) is 0 Å². The molecule has 2 aromatic carbocycles. The molecule has 11 heteroatoms. The summed E-state index contributed by atoms with van der Waals surface area (Å²) in [4.78, 5) is 2.22. The average Bonchev–Trinajstić information content (AvgIpc) is 3.27. The van der Waals surface area contributed by atoms with Gasteiger partial charge in [0, 0.05) is 82.8 Å². The number of allylic oxidation sites excluding steroid dienone is 6. The minimum atomic E-state index is -4.23. The molecule has 0 aromatic heterocycles. The molecular formula is C33H42N2NaO6S2. The van der Waals surface area contributed by atoms with Gasteiger partial charge in [-0.2, -0.15) is 13.0 Å². The summed E-state index contributed by atoms with van der Waals surface area (Å²) in [6.07, 6.45) is 12.1. The Kier molecular flexibility index (Phi) is 12.1. The Bertz CT molecular complexity index is 1690. The van der Waals surface area contributed by atoms with Gasteiger partial charge in [0.15, 0.2) is 5.71 Å². The Morgan fingerprint density at radius 2 is 1.45 bits per heavy atom. The zero-order valence-corrected chi connectivity index (χ0v) is 30.0. The summed E-state index contributed by atoms with van der Waals surface area (Å²) in [5.74, 6) is -0.602. The van der Waals surface area contributed by atoms with E-state index in [1.54, 1.807) is 0 Å². The third-order valence-corrected chi connectivity index (χ3v) is 9.98. The van der Waals surface area contributed by atoms with E-state index >= 15 is 0 Å². The molecule has 233 valence electrons. The first kappa shape index (κ1) is 36.4. The van der Waals surface area contributed by atoms with E-state index in [0.29, 0.717) is 38.8 Å². The second-order valence-corrected chi connectivity index (χ2v) is 15.3. The molecule has 1 radical (unpaired) electrons. The molecule has 0 amide bonds. The molecule has 0 fully saturated rings. The van der Waals surface area contributed by atoms with Crippen LogP contribution in [0.15, 0.2) is 84.6 Å². The maximum absolute atomic E-state index is 11.2. The molecule has 8 nitrogen and oxygen atoms in total. The fourth-order valence-corrected chi connectivity index (χ4v) is 7.35. The largest absolute Gasteiger partial charge is 0.748 e. The van der Waals surface area contributed by atoms with E-state index in [4.69, 9.17) is 4.55 Å². The predicted molar refractivity (Wildman–Crippen MR) is 178 cm³/mol. The second-order valence-electron chi connectivity index (χ2n) is 12.2. The Balaban J connectivity index is 0.00000529. The van der Waals surface area contributed by atoms with Gasteiger partial charge >= 0.3 is 0 Å². The molecule has 2 aromatic rings. The number of hydrogen-bond donors (Lipinski definition) is 1. The van der Waals surface area contributed by atoms with Gasteiger partial charge in [0.1, 0.15) is 6.54 Å². The van der Waals surface area contributed by atoms with Crippen molar-refractivity contribution >= 4 is 66.9 Å². The van der Waals surface area contributed by atoms with Crippen LogP contribution in [0.5, 0.6) is 0 Å². The van der Waals surface area contributed by atoms with E-state index in [1.807, 2.05) is 42.5 Å². The summed E-state index contributed by atoms with van der Waals surface area (Å²) >= 11 is 0. The Morgan fingerprint density at radius 3 is 2.14 bits per heavy atom. The number of fused-ring (bicyclic) bond motifs is 2. The van der Waals surface area contributed by atoms with Crippen LogP contribution in [-0.2, 0) is 31.1 Å². The second kappa shape index (κ2) is 14.6. The first-order valence-electron chi connectivity index (χ1n) is 14.7. The Hall–Kier alpha value is -2.05. The molecular weight excluding hydrogens is 607 g/mol. The average molecular weight is 650 g/mol. The summed E-state index contributed by atoms with van der Waals surface area (Å²) in [7, 11) is -8.21. The van der Waals surface area contributed by atoms with Gasteiger partial charge in [-0.15, -0.1) is 0 Å². The quantitative estimate of drug-likeness (QED) is 0.101. The molecule has 0 atom stereocenters. The summed E-state index contributed by atoms with van der Waals surface area (Å²) < 4.78 is 67.0. The maximum atomic E-state index is 11.2. The van der Waals surface area contributed by atoms with Crippen molar-refractivity contribution in [2.45, 2.75) is 64.2 Å². The van der Waals surface area contributed by atoms with Crippen molar-refractivity contribution in [3.63, 3.8) is 0 Å². The van der Waals surface area contributed by atoms with Gasteiger partial charge in [0.05, 0.1) is 21.3 Å². The third kappa shape index (κ3) is 8.60. The minimum absolute atomic E-state index is 0. The standard InChI is InChI=1S/C33H42N2O6S2.Na/c1-32(2)26-16-8-10-18-28(26)34(22-12-14-24-42(36,37)38)30(32)20-6-5-7-21-31-33(3,4)27-17-9-11-19-29(27)35(31)23-13-15-25-43(39,40)41;/h5-11,16-21H,12-15,22-25H2,1-4H3,(H-,36,37,38,39,40,41);. The number of para-hydroxylation sites is 2. The van der Waals surface area contributed by atoms with Crippen LogP contribution >= 0.6 is 0 Å². The van der Waals surface area contributed by atoms with Crippen LogP contribution in [-0.4, -0.2) is 90.4 Å². The number of anilines is 1. The summed E-state index contributed by atoms with van der Waals surface area (Å²) in [5.41, 5.74) is 6.33. The molecule has 2 aliphatic heterocycles. The molecule has 0 saturated carbocycles. The number of hydrogen-bond acceptors (Lipinski definition) is 6. The Labute approximate surface area is 285 Å². The van der Waals surface area contributed by atoms with Crippen molar-refractivity contribution in [1.82, 2.24) is 0 Å². The van der Waals surface area contributed by atoms with Crippen LogP contribution in [0.1, 0.15) is 64.5 Å². The molecule has 0 aliphatic carbocycles. The summed E-state index contributed by atoms with van der Waals surface area (Å²) in [6.45, 7) is 9.98. The zero-order chi connectivity index (χ0) is 31.5. The molecule has 2 aliphatic rings. The molecule has 0 bridgehead atoms. The predicted octanol–water partition coefficient (Wildman–Crippen LogP) is 5.47. The maximum Gasteiger partial charge on any atom is 0.264 e. The molecule has 2 heterocycles. The van der Waals surface area contributed by atoms with Crippen LogP contribution in [0.3, 0.4) is 0 Å². The summed E-state index contributed by atoms with van der Waals surface area (Å²) in [5, 5.41) is 0.